The van der Waals surface area contributed by atoms with E-state index in [9.17, 15) is 5.21 Å². The molecule has 3 rings (SSSR count). The maximum Gasteiger partial charge on any atom is 0.216 e. The van der Waals surface area contributed by atoms with Crippen molar-refractivity contribution in [1.29, 1.82) is 0 Å². The van der Waals surface area contributed by atoms with E-state index in [0.717, 1.165) is 21.6 Å². The number of rotatable bonds is 4. The van der Waals surface area contributed by atoms with Crippen molar-refractivity contribution in [2.24, 2.45) is 4.99 Å². The van der Waals surface area contributed by atoms with Gasteiger partial charge in [-0.25, -0.2) is 4.99 Å². The Kier molecular flexibility index (Phi) is 4.05. The standard InChI is InChI=1S/C17H16N2O3/c1-21-16-8-2-13(3-9-16)12-19(20)15-6-4-14(5-7-15)17-18-10-11-22-17/h2-9,12H,10-11H2,1H3. The molecule has 2 aromatic rings. The predicted octanol–water partition coefficient (Wildman–Crippen LogP) is 2.73. The Morgan fingerprint density at radius 1 is 1.14 bits per heavy atom. The van der Waals surface area contributed by atoms with Crippen molar-refractivity contribution < 1.29 is 14.2 Å². The molecule has 0 bridgehead atoms. The lowest BCUT2D eigenvalue weighted by Crippen LogP contribution is -2.02. The maximum absolute atomic E-state index is 12.2. The molecule has 5 heteroatoms. The van der Waals surface area contributed by atoms with Gasteiger partial charge in [-0.2, -0.15) is 4.74 Å². The van der Waals surface area contributed by atoms with Gasteiger partial charge in [0.15, 0.2) is 6.21 Å². The third-order valence-corrected chi connectivity index (χ3v) is 3.34. The summed E-state index contributed by atoms with van der Waals surface area (Å²) >= 11 is 0. The van der Waals surface area contributed by atoms with E-state index in [1.807, 2.05) is 36.4 Å². The molecule has 0 saturated carbocycles. The van der Waals surface area contributed by atoms with Gasteiger partial charge in [0.05, 0.1) is 13.7 Å². The molecule has 0 atom stereocenters. The van der Waals surface area contributed by atoms with Crippen LogP contribution < -0.4 is 4.74 Å². The summed E-state index contributed by atoms with van der Waals surface area (Å²) in [5, 5.41) is 12.2. The molecule has 2 aromatic carbocycles. The Labute approximate surface area is 128 Å². The third kappa shape index (κ3) is 3.09. The maximum atomic E-state index is 12.2. The monoisotopic (exact) mass is 296 g/mol. The fraction of sp³-hybridized carbons (Fsp3) is 0.176. The van der Waals surface area contributed by atoms with E-state index in [1.165, 1.54) is 6.21 Å². The summed E-state index contributed by atoms with van der Waals surface area (Å²) in [5.41, 5.74) is 2.25. The molecular weight excluding hydrogens is 280 g/mol. The topological polar surface area (TPSA) is 56.9 Å². The minimum Gasteiger partial charge on any atom is -0.618 e. The summed E-state index contributed by atoms with van der Waals surface area (Å²) in [6, 6.07) is 14.5. The molecule has 0 amide bonds. The number of ether oxygens (including phenoxy) is 2. The van der Waals surface area contributed by atoms with Crippen LogP contribution in [0.3, 0.4) is 0 Å². The molecular formula is C17H16N2O3. The van der Waals surface area contributed by atoms with Crippen molar-refractivity contribution in [2.45, 2.75) is 0 Å². The minimum absolute atomic E-state index is 0.554. The van der Waals surface area contributed by atoms with Gasteiger partial charge in [0.25, 0.3) is 0 Å². The van der Waals surface area contributed by atoms with E-state index < -0.39 is 0 Å². The number of hydrogen-bond acceptors (Lipinski definition) is 4. The quantitative estimate of drug-likeness (QED) is 0.377. The van der Waals surface area contributed by atoms with Crippen LogP contribution in [0.4, 0.5) is 5.69 Å². The summed E-state index contributed by atoms with van der Waals surface area (Å²) in [4.78, 5) is 4.25. The van der Waals surface area contributed by atoms with Gasteiger partial charge in [0.2, 0.25) is 11.6 Å². The lowest BCUT2D eigenvalue weighted by atomic mass is 10.2. The summed E-state index contributed by atoms with van der Waals surface area (Å²) in [6.45, 7) is 1.31. The number of aliphatic imine (C=N–C) groups is 1. The summed E-state index contributed by atoms with van der Waals surface area (Å²) in [5.74, 6) is 1.40. The molecule has 1 heterocycles. The largest absolute Gasteiger partial charge is 0.618 e. The second-order valence-corrected chi connectivity index (χ2v) is 4.81. The number of methoxy groups -OCH3 is 1. The van der Waals surface area contributed by atoms with Gasteiger partial charge in [0.1, 0.15) is 12.4 Å². The third-order valence-electron chi connectivity index (χ3n) is 3.34. The second-order valence-electron chi connectivity index (χ2n) is 4.81. The predicted molar refractivity (Wildman–Crippen MR) is 85.2 cm³/mol. The number of benzene rings is 2. The van der Waals surface area contributed by atoms with Crippen LogP contribution in [0.25, 0.3) is 0 Å². The van der Waals surface area contributed by atoms with Crippen LogP contribution in [0.1, 0.15) is 11.1 Å². The molecule has 0 spiro atoms. The highest BCUT2D eigenvalue weighted by molar-refractivity contribution is 5.95. The Morgan fingerprint density at radius 3 is 2.45 bits per heavy atom. The van der Waals surface area contributed by atoms with Gasteiger partial charge < -0.3 is 14.7 Å². The minimum atomic E-state index is 0.554. The van der Waals surface area contributed by atoms with Gasteiger partial charge in [0, 0.05) is 23.3 Å². The Bertz CT molecular complexity index is 704. The van der Waals surface area contributed by atoms with Crippen LogP contribution in [0.5, 0.6) is 5.75 Å². The average molecular weight is 296 g/mol. The zero-order valence-corrected chi connectivity index (χ0v) is 12.2. The van der Waals surface area contributed by atoms with Gasteiger partial charge in [-0.3, -0.25) is 0 Å². The van der Waals surface area contributed by atoms with Gasteiger partial charge in [-0.1, -0.05) is 0 Å². The zero-order valence-electron chi connectivity index (χ0n) is 12.2. The number of nitrogens with zero attached hydrogens (tertiary/aromatic N) is 2. The van der Waals surface area contributed by atoms with E-state index >= 15 is 0 Å². The van der Waals surface area contributed by atoms with Crippen molar-refractivity contribution in [2.75, 3.05) is 20.3 Å². The van der Waals surface area contributed by atoms with Crippen LogP contribution in [0, 0.1) is 5.21 Å². The van der Waals surface area contributed by atoms with E-state index in [4.69, 9.17) is 9.47 Å². The van der Waals surface area contributed by atoms with Crippen molar-refractivity contribution in [1.82, 2.24) is 0 Å². The first-order valence-electron chi connectivity index (χ1n) is 6.99. The van der Waals surface area contributed by atoms with Crippen LogP contribution in [-0.4, -0.2) is 37.1 Å². The molecule has 0 aromatic heterocycles. The first-order valence-corrected chi connectivity index (χ1v) is 6.99. The van der Waals surface area contributed by atoms with E-state index in [-0.39, 0.29) is 0 Å². The van der Waals surface area contributed by atoms with Crippen molar-refractivity contribution in [3.63, 3.8) is 0 Å². The summed E-state index contributed by atoms with van der Waals surface area (Å²) in [6.07, 6.45) is 1.53. The fourth-order valence-corrected chi connectivity index (χ4v) is 2.16. The van der Waals surface area contributed by atoms with E-state index in [1.54, 1.807) is 19.2 Å². The van der Waals surface area contributed by atoms with Gasteiger partial charge >= 0.3 is 0 Å². The molecule has 0 aliphatic carbocycles. The van der Waals surface area contributed by atoms with Crippen LogP contribution in [0.15, 0.2) is 53.5 Å². The Morgan fingerprint density at radius 2 is 1.86 bits per heavy atom. The van der Waals surface area contributed by atoms with Crippen LogP contribution >= 0.6 is 0 Å². The van der Waals surface area contributed by atoms with E-state index in [0.29, 0.717) is 24.7 Å². The average Bonchev–Trinajstić information content (AvgIpc) is 3.10. The van der Waals surface area contributed by atoms with Gasteiger partial charge in [-0.05, 0) is 36.4 Å². The molecule has 0 radical (unpaired) electrons. The molecule has 0 saturated heterocycles. The highest BCUT2D eigenvalue weighted by Crippen LogP contribution is 2.16. The van der Waals surface area contributed by atoms with Gasteiger partial charge in [-0.15, -0.1) is 0 Å². The normalized spacial score (nSPS) is 14.4. The van der Waals surface area contributed by atoms with E-state index in [2.05, 4.69) is 4.99 Å². The molecule has 5 nitrogen and oxygen atoms in total. The lowest BCUT2D eigenvalue weighted by molar-refractivity contribution is -0.354. The Hall–Kier alpha value is -2.82. The highest BCUT2D eigenvalue weighted by Gasteiger charge is 2.11. The SMILES string of the molecule is COc1ccc(C=[N+]([O-])c2ccc(C3=NCCO3)cc2)cc1. The fourth-order valence-electron chi connectivity index (χ4n) is 2.16. The zero-order chi connectivity index (χ0) is 15.4. The second kappa shape index (κ2) is 6.30. The lowest BCUT2D eigenvalue weighted by Gasteiger charge is -2.05. The van der Waals surface area contributed by atoms with Crippen LogP contribution in [-0.2, 0) is 4.74 Å². The Balaban J connectivity index is 1.78. The molecule has 1 aliphatic rings. The van der Waals surface area contributed by atoms with Crippen molar-refractivity contribution in [3.8, 4) is 5.75 Å². The molecule has 0 N–H and O–H groups in total. The summed E-state index contributed by atoms with van der Waals surface area (Å²) in [7, 11) is 1.61. The molecule has 0 fully saturated rings. The van der Waals surface area contributed by atoms with Crippen LogP contribution in [0.2, 0.25) is 0 Å². The highest BCUT2D eigenvalue weighted by atomic mass is 16.5. The molecule has 22 heavy (non-hydrogen) atoms. The molecule has 1 aliphatic heterocycles. The van der Waals surface area contributed by atoms with Crippen molar-refractivity contribution in [3.05, 3.63) is 64.9 Å². The molecule has 0 unspecified atom stereocenters. The smallest absolute Gasteiger partial charge is 0.216 e. The first kappa shape index (κ1) is 14.1. The number of hydrogen-bond donors (Lipinski definition) is 0. The molecule has 112 valence electrons. The van der Waals surface area contributed by atoms with Crippen molar-refractivity contribution >= 4 is 17.8 Å². The summed E-state index contributed by atoms with van der Waals surface area (Å²) < 4.78 is 11.3. The first-order chi connectivity index (χ1) is 10.8.